The standard InChI is InChI=1S/C19H16ClN5O/c1-2-17-14(11-21-25(17)13-7-5-6-12(20)10-13)18(26)24-19-22-15-8-3-4-9-16(15)23-19/h3-11H,2H2,1H3,(H2,22,23,24,26). The average molecular weight is 366 g/mol. The van der Waals surface area contributed by atoms with Gasteiger partial charge in [-0.05, 0) is 36.8 Å². The number of para-hydroxylation sites is 2. The van der Waals surface area contributed by atoms with Crippen molar-refractivity contribution in [2.24, 2.45) is 0 Å². The van der Waals surface area contributed by atoms with Crippen molar-refractivity contribution in [3.8, 4) is 5.69 Å². The Balaban J connectivity index is 1.65. The van der Waals surface area contributed by atoms with Gasteiger partial charge in [0.1, 0.15) is 0 Å². The molecule has 0 saturated carbocycles. The zero-order chi connectivity index (χ0) is 18.1. The van der Waals surface area contributed by atoms with Crippen LogP contribution in [0.1, 0.15) is 23.0 Å². The lowest BCUT2D eigenvalue weighted by Gasteiger charge is -2.08. The van der Waals surface area contributed by atoms with E-state index in [0.29, 0.717) is 23.0 Å². The van der Waals surface area contributed by atoms with E-state index in [0.717, 1.165) is 22.4 Å². The van der Waals surface area contributed by atoms with E-state index in [1.165, 1.54) is 0 Å². The van der Waals surface area contributed by atoms with Crippen LogP contribution in [0.15, 0.2) is 54.7 Å². The van der Waals surface area contributed by atoms with Crippen molar-refractivity contribution >= 4 is 34.5 Å². The molecule has 0 aliphatic rings. The molecule has 0 radical (unpaired) electrons. The topological polar surface area (TPSA) is 75.6 Å². The number of anilines is 1. The van der Waals surface area contributed by atoms with Crippen molar-refractivity contribution in [3.05, 3.63) is 71.0 Å². The third-order valence-electron chi connectivity index (χ3n) is 4.12. The SMILES string of the molecule is CCc1c(C(=O)Nc2nc3ccccc3[nH]2)cnn1-c1cccc(Cl)c1. The van der Waals surface area contributed by atoms with Crippen LogP contribution >= 0.6 is 11.6 Å². The van der Waals surface area contributed by atoms with Gasteiger partial charge in [0.2, 0.25) is 5.95 Å². The van der Waals surface area contributed by atoms with Gasteiger partial charge in [0.05, 0.1) is 34.2 Å². The van der Waals surface area contributed by atoms with Crippen molar-refractivity contribution in [1.29, 1.82) is 0 Å². The first-order valence-corrected chi connectivity index (χ1v) is 8.62. The lowest BCUT2D eigenvalue weighted by Crippen LogP contribution is -2.15. The Labute approximate surface area is 154 Å². The number of nitrogens with one attached hydrogen (secondary N) is 2. The molecular weight excluding hydrogens is 350 g/mol. The highest BCUT2D eigenvalue weighted by Gasteiger charge is 2.18. The van der Waals surface area contributed by atoms with Crippen LogP contribution in [-0.2, 0) is 6.42 Å². The van der Waals surface area contributed by atoms with Gasteiger partial charge in [-0.1, -0.05) is 36.7 Å². The number of aromatic amines is 1. The normalized spacial score (nSPS) is 11.0. The van der Waals surface area contributed by atoms with Crippen LogP contribution in [0, 0.1) is 0 Å². The summed E-state index contributed by atoms with van der Waals surface area (Å²) in [5, 5.41) is 7.80. The number of nitrogens with zero attached hydrogens (tertiary/aromatic N) is 3. The van der Waals surface area contributed by atoms with Gasteiger partial charge in [-0.25, -0.2) is 9.67 Å². The monoisotopic (exact) mass is 365 g/mol. The van der Waals surface area contributed by atoms with E-state index in [9.17, 15) is 4.79 Å². The number of amides is 1. The number of aromatic nitrogens is 4. The van der Waals surface area contributed by atoms with E-state index in [1.54, 1.807) is 16.9 Å². The van der Waals surface area contributed by atoms with Gasteiger partial charge < -0.3 is 4.98 Å². The van der Waals surface area contributed by atoms with Gasteiger partial charge in [0.25, 0.3) is 5.91 Å². The van der Waals surface area contributed by atoms with Crippen molar-refractivity contribution < 1.29 is 4.79 Å². The number of halogens is 1. The molecule has 0 spiro atoms. The van der Waals surface area contributed by atoms with Crippen molar-refractivity contribution in [2.75, 3.05) is 5.32 Å². The van der Waals surface area contributed by atoms with Gasteiger partial charge in [0, 0.05) is 5.02 Å². The summed E-state index contributed by atoms with van der Waals surface area (Å²) in [4.78, 5) is 20.2. The minimum atomic E-state index is -0.255. The number of carbonyl (C=O) groups excluding carboxylic acids is 1. The molecule has 0 aliphatic carbocycles. The van der Waals surface area contributed by atoms with Gasteiger partial charge >= 0.3 is 0 Å². The number of fused-ring (bicyclic) bond motifs is 1. The van der Waals surface area contributed by atoms with E-state index >= 15 is 0 Å². The molecule has 4 aromatic rings. The second-order valence-corrected chi connectivity index (χ2v) is 6.24. The first-order valence-electron chi connectivity index (χ1n) is 8.24. The molecule has 0 fully saturated rings. The number of carbonyl (C=O) groups is 1. The molecule has 1 amide bonds. The molecule has 0 unspecified atom stereocenters. The van der Waals surface area contributed by atoms with Gasteiger partial charge in [-0.3, -0.25) is 10.1 Å². The Morgan fingerprint density at radius 1 is 1.23 bits per heavy atom. The first kappa shape index (κ1) is 16.4. The minimum Gasteiger partial charge on any atom is -0.324 e. The Kier molecular flexibility index (Phi) is 4.18. The van der Waals surface area contributed by atoms with Crippen LogP contribution in [0.25, 0.3) is 16.7 Å². The van der Waals surface area contributed by atoms with E-state index < -0.39 is 0 Å². The summed E-state index contributed by atoms with van der Waals surface area (Å²) in [5.41, 5.74) is 3.80. The molecule has 4 rings (SSSR count). The second-order valence-electron chi connectivity index (χ2n) is 5.81. The number of rotatable bonds is 4. The maximum Gasteiger partial charge on any atom is 0.261 e. The molecule has 2 heterocycles. The predicted octanol–water partition coefficient (Wildman–Crippen LogP) is 4.22. The zero-order valence-corrected chi connectivity index (χ0v) is 14.8. The Bertz CT molecular complexity index is 1070. The number of hydrogen-bond acceptors (Lipinski definition) is 3. The van der Waals surface area contributed by atoms with Crippen LogP contribution < -0.4 is 5.32 Å². The van der Waals surface area contributed by atoms with Gasteiger partial charge in [-0.15, -0.1) is 0 Å². The van der Waals surface area contributed by atoms with Crippen LogP contribution in [0.2, 0.25) is 5.02 Å². The number of H-pyrrole nitrogens is 1. The van der Waals surface area contributed by atoms with Crippen LogP contribution in [0.4, 0.5) is 5.95 Å². The lowest BCUT2D eigenvalue weighted by atomic mass is 10.2. The summed E-state index contributed by atoms with van der Waals surface area (Å²) in [6, 6.07) is 15.0. The molecule has 6 nitrogen and oxygen atoms in total. The minimum absolute atomic E-state index is 0.255. The molecule has 0 saturated heterocycles. The van der Waals surface area contributed by atoms with Crippen LogP contribution in [-0.4, -0.2) is 25.7 Å². The third-order valence-corrected chi connectivity index (χ3v) is 4.36. The maximum atomic E-state index is 12.7. The third kappa shape index (κ3) is 2.95. The highest BCUT2D eigenvalue weighted by atomic mass is 35.5. The van der Waals surface area contributed by atoms with E-state index in [-0.39, 0.29) is 5.91 Å². The molecule has 0 aliphatic heterocycles. The van der Waals surface area contributed by atoms with Gasteiger partial charge in [0.15, 0.2) is 0 Å². The average Bonchev–Trinajstić information content (AvgIpc) is 3.24. The zero-order valence-electron chi connectivity index (χ0n) is 14.0. The fourth-order valence-corrected chi connectivity index (χ4v) is 3.11. The first-order chi connectivity index (χ1) is 12.7. The molecule has 26 heavy (non-hydrogen) atoms. The predicted molar refractivity (Wildman–Crippen MR) is 102 cm³/mol. The number of imidazole rings is 1. The summed E-state index contributed by atoms with van der Waals surface area (Å²) in [5.74, 6) is 0.156. The summed E-state index contributed by atoms with van der Waals surface area (Å²) in [6.07, 6.45) is 2.22. The highest BCUT2D eigenvalue weighted by Crippen LogP contribution is 2.20. The summed E-state index contributed by atoms with van der Waals surface area (Å²) in [6.45, 7) is 1.98. The summed E-state index contributed by atoms with van der Waals surface area (Å²) < 4.78 is 1.74. The maximum absolute atomic E-state index is 12.7. The molecule has 0 atom stereocenters. The number of benzene rings is 2. The Morgan fingerprint density at radius 2 is 2.08 bits per heavy atom. The quantitative estimate of drug-likeness (QED) is 0.568. The van der Waals surface area contributed by atoms with Crippen molar-refractivity contribution in [3.63, 3.8) is 0 Å². The lowest BCUT2D eigenvalue weighted by molar-refractivity contribution is 0.102. The molecule has 2 aromatic heterocycles. The summed E-state index contributed by atoms with van der Waals surface area (Å²) >= 11 is 6.07. The van der Waals surface area contributed by atoms with Crippen molar-refractivity contribution in [1.82, 2.24) is 19.7 Å². The largest absolute Gasteiger partial charge is 0.324 e. The molecule has 2 aromatic carbocycles. The van der Waals surface area contributed by atoms with Crippen LogP contribution in [0.3, 0.4) is 0 Å². The molecule has 7 heteroatoms. The summed E-state index contributed by atoms with van der Waals surface area (Å²) in [7, 11) is 0. The second kappa shape index (κ2) is 6.65. The fourth-order valence-electron chi connectivity index (χ4n) is 2.92. The van der Waals surface area contributed by atoms with Gasteiger partial charge in [-0.2, -0.15) is 5.10 Å². The molecule has 2 N–H and O–H groups in total. The van der Waals surface area contributed by atoms with E-state index in [2.05, 4.69) is 20.4 Å². The van der Waals surface area contributed by atoms with Crippen LogP contribution in [0.5, 0.6) is 0 Å². The Hall–Kier alpha value is -3.12. The smallest absolute Gasteiger partial charge is 0.261 e. The van der Waals surface area contributed by atoms with E-state index in [4.69, 9.17) is 11.6 Å². The molecule has 0 bridgehead atoms. The molecular formula is C19H16ClN5O. The van der Waals surface area contributed by atoms with E-state index in [1.807, 2.05) is 49.4 Å². The Morgan fingerprint density at radius 3 is 2.85 bits per heavy atom. The molecule has 130 valence electrons. The number of hydrogen-bond donors (Lipinski definition) is 2. The highest BCUT2D eigenvalue weighted by molar-refractivity contribution is 6.30. The fraction of sp³-hybridized carbons (Fsp3) is 0.105. The van der Waals surface area contributed by atoms with Crippen molar-refractivity contribution in [2.45, 2.75) is 13.3 Å².